The Labute approximate surface area is 103 Å². The van der Waals surface area contributed by atoms with Gasteiger partial charge in [0.05, 0.1) is 5.56 Å². The highest BCUT2D eigenvalue weighted by Crippen LogP contribution is 2.25. The van der Waals surface area contributed by atoms with E-state index in [-0.39, 0.29) is 5.69 Å². The molecule has 0 aliphatic carbocycles. The average molecular weight is 269 g/mol. The molecular weight excluding hydrogens is 264 g/mol. The maximum Gasteiger partial charge on any atom is 0.374 e. The van der Waals surface area contributed by atoms with E-state index in [1.807, 2.05) is 0 Å². The van der Waals surface area contributed by atoms with Crippen molar-refractivity contribution in [2.45, 2.75) is 0 Å². The van der Waals surface area contributed by atoms with Crippen LogP contribution in [0.25, 0.3) is 11.3 Å². The summed E-state index contributed by atoms with van der Waals surface area (Å²) in [6.45, 7) is 0. The molecule has 2 aromatic rings. The molecule has 0 aliphatic rings. The first-order valence-electron chi connectivity index (χ1n) is 4.83. The monoisotopic (exact) mass is 269 g/mol. The predicted molar refractivity (Wildman–Crippen MR) is 55.8 cm³/mol. The smallest absolute Gasteiger partial charge is 0.374 e. The number of halogens is 2. The summed E-state index contributed by atoms with van der Waals surface area (Å²) in [6.07, 6.45) is 0. The van der Waals surface area contributed by atoms with Gasteiger partial charge in [-0.3, -0.25) is 0 Å². The lowest BCUT2D eigenvalue weighted by Gasteiger charge is -2.02. The minimum Gasteiger partial charge on any atom is -0.478 e. The van der Waals surface area contributed by atoms with E-state index >= 15 is 0 Å². The summed E-state index contributed by atoms with van der Waals surface area (Å²) in [4.78, 5) is 21.2. The van der Waals surface area contributed by atoms with Crippen LogP contribution in [-0.4, -0.2) is 27.3 Å². The first kappa shape index (κ1) is 12.7. The fourth-order valence-corrected chi connectivity index (χ4v) is 1.41. The lowest BCUT2D eigenvalue weighted by atomic mass is 10.1. The van der Waals surface area contributed by atoms with Crippen molar-refractivity contribution >= 4 is 11.9 Å². The van der Waals surface area contributed by atoms with Crippen molar-refractivity contribution in [2.24, 2.45) is 0 Å². The van der Waals surface area contributed by atoms with Crippen LogP contribution in [0.2, 0.25) is 0 Å². The Hall–Kier alpha value is -2.77. The number of benzene rings is 1. The second kappa shape index (κ2) is 4.48. The topological polar surface area (TPSA) is 101 Å². The van der Waals surface area contributed by atoms with Crippen molar-refractivity contribution in [3.05, 3.63) is 41.2 Å². The number of aromatic carboxylic acids is 2. The van der Waals surface area contributed by atoms with Crippen molar-refractivity contribution in [1.82, 2.24) is 5.16 Å². The van der Waals surface area contributed by atoms with E-state index in [4.69, 9.17) is 10.2 Å². The SMILES string of the molecule is O=C(O)c1cc(-c2cc(F)c(C(=O)O)cc2F)no1. The summed E-state index contributed by atoms with van der Waals surface area (Å²) in [5, 5.41) is 20.5. The molecule has 0 unspecified atom stereocenters. The Morgan fingerprint density at radius 3 is 2.26 bits per heavy atom. The number of nitrogens with zero attached hydrogens (tertiary/aromatic N) is 1. The third-order valence-corrected chi connectivity index (χ3v) is 2.28. The standard InChI is InChI=1S/C11H5F2NO5/c12-6-2-5(10(15)16)7(13)1-4(6)8-3-9(11(17)18)19-14-8/h1-3H,(H,15,16)(H,17,18). The molecule has 98 valence electrons. The number of aromatic nitrogens is 1. The maximum absolute atomic E-state index is 13.6. The van der Waals surface area contributed by atoms with Crippen LogP contribution in [0.1, 0.15) is 20.9 Å². The van der Waals surface area contributed by atoms with Gasteiger partial charge in [-0.05, 0) is 12.1 Å². The lowest BCUT2D eigenvalue weighted by Crippen LogP contribution is -2.02. The van der Waals surface area contributed by atoms with E-state index in [9.17, 15) is 18.4 Å². The zero-order chi connectivity index (χ0) is 14.2. The van der Waals surface area contributed by atoms with Gasteiger partial charge in [-0.25, -0.2) is 18.4 Å². The van der Waals surface area contributed by atoms with Gasteiger partial charge >= 0.3 is 11.9 Å². The molecule has 19 heavy (non-hydrogen) atoms. The van der Waals surface area contributed by atoms with Gasteiger partial charge in [-0.15, -0.1) is 0 Å². The van der Waals surface area contributed by atoms with E-state index in [1.54, 1.807) is 0 Å². The summed E-state index contributed by atoms with van der Waals surface area (Å²) in [5.41, 5.74) is -1.47. The lowest BCUT2D eigenvalue weighted by molar-refractivity contribution is 0.0649. The maximum atomic E-state index is 13.6. The van der Waals surface area contributed by atoms with Crippen LogP contribution in [0, 0.1) is 11.6 Å². The zero-order valence-electron chi connectivity index (χ0n) is 9.05. The van der Waals surface area contributed by atoms with Crippen LogP contribution in [0.3, 0.4) is 0 Å². The van der Waals surface area contributed by atoms with E-state index in [2.05, 4.69) is 9.68 Å². The average Bonchev–Trinajstić information content (AvgIpc) is 2.80. The third-order valence-electron chi connectivity index (χ3n) is 2.28. The molecule has 0 saturated carbocycles. The van der Waals surface area contributed by atoms with Gasteiger partial charge < -0.3 is 14.7 Å². The van der Waals surface area contributed by atoms with Crippen LogP contribution in [-0.2, 0) is 0 Å². The van der Waals surface area contributed by atoms with Crippen molar-refractivity contribution in [1.29, 1.82) is 0 Å². The number of carboxylic acid groups (broad SMARTS) is 2. The number of carbonyl (C=O) groups is 2. The molecule has 2 N–H and O–H groups in total. The first-order valence-corrected chi connectivity index (χ1v) is 4.83. The fraction of sp³-hybridized carbons (Fsp3) is 0. The summed E-state index contributed by atoms with van der Waals surface area (Å²) >= 11 is 0. The molecule has 0 bridgehead atoms. The highest BCUT2D eigenvalue weighted by Gasteiger charge is 2.19. The van der Waals surface area contributed by atoms with Gasteiger partial charge in [0.2, 0.25) is 5.76 Å². The molecule has 0 radical (unpaired) electrons. The number of carboxylic acids is 2. The van der Waals surface area contributed by atoms with Gasteiger partial charge in [-0.2, -0.15) is 0 Å². The third kappa shape index (κ3) is 2.28. The Morgan fingerprint density at radius 2 is 1.74 bits per heavy atom. The fourth-order valence-electron chi connectivity index (χ4n) is 1.41. The van der Waals surface area contributed by atoms with Gasteiger partial charge in [0.1, 0.15) is 17.3 Å². The van der Waals surface area contributed by atoms with Crippen molar-refractivity contribution in [3.63, 3.8) is 0 Å². The Bertz CT molecular complexity index is 680. The molecule has 0 atom stereocenters. The van der Waals surface area contributed by atoms with Crippen LogP contribution in [0.5, 0.6) is 0 Å². The number of rotatable bonds is 3. The number of hydrogen-bond acceptors (Lipinski definition) is 4. The normalized spacial score (nSPS) is 10.4. The first-order chi connectivity index (χ1) is 8.90. The van der Waals surface area contributed by atoms with E-state index < -0.39 is 40.5 Å². The summed E-state index contributed by atoms with van der Waals surface area (Å²) < 4.78 is 31.4. The summed E-state index contributed by atoms with van der Waals surface area (Å²) in [5.74, 6) is -5.79. The Balaban J connectivity index is 2.53. The molecular formula is C11H5F2NO5. The second-order valence-electron chi connectivity index (χ2n) is 3.50. The highest BCUT2D eigenvalue weighted by molar-refractivity contribution is 5.89. The molecule has 0 saturated heterocycles. The number of hydrogen-bond donors (Lipinski definition) is 2. The Kier molecular flexibility index (Phi) is 2.99. The van der Waals surface area contributed by atoms with E-state index in [1.165, 1.54) is 0 Å². The minimum atomic E-state index is -1.62. The van der Waals surface area contributed by atoms with Crippen LogP contribution < -0.4 is 0 Å². The van der Waals surface area contributed by atoms with Crippen LogP contribution in [0.4, 0.5) is 8.78 Å². The molecule has 2 rings (SSSR count). The van der Waals surface area contributed by atoms with Crippen molar-refractivity contribution < 1.29 is 33.1 Å². The summed E-state index contributed by atoms with van der Waals surface area (Å²) in [7, 11) is 0. The predicted octanol–water partition coefficient (Wildman–Crippen LogP) is 2.02. The highest BCUT2D eigenvalue weighted by atomic mass is 19.1. The van der Waals surface area contributed by atoms with Crippen LogP contribution >= 0.6 is 0 Å². The minimum absolute atomic E-state index is 0.245. The second-order valence-corrected chi connectivity index (χ2v) is 3.50. The van der Waals surface area contributed by atoms with E-state index in [0.717, 1.165) is 6.07 Å². The van der Waals surface area contributed by atoms with Crippen LogP contribution in [0.15, 0.2) is 22.7 Å². The van der Waals surface area contributed by atoms with E-state index in [0.29, 0.717) is 12.1 Å². The molecule has 0 amide bonds. The van der Waals surface area contributed by atoms with Gasteiger partial charge in [0.25, 0.3) is 0 Å². The quantitative estimate of drug-likeness (QED) is 0.883. The molecule has 0 aliphatic heterocycles. The summed E-state index contributed by atoms with van der Waals surface area (Å²) in [6, 6.07) is 2.00. The largest absolute Gasteiger partial charge is 0.478 e. The molecule has 0 spiro atoms. The molecule has 1 aromatic heterocycles. The zero-order valence-corrected chi connectivity index (χ0v) is 9.05. The van der Waals surface area contributed by atoms with Crippen molar-refractivity contribution in [2.75, 3.05) is 0 Å². The van der Waals surface area contributed by atoms with Gasteiger partial charge in [-0.1, -0.05) is 5.16 Å². The Morgan fingerprint density at radius 1 is 1.05 bits per heavy atom. The van der Waals surface area contributed by atoms with Crippen molar-refractivity contribution in [3.8, 4) is 11.3 Å². The molecule has 1 heterocycles. The molecule has 8 heteroatoms. The van der Waals surface area contributed by atoms with Gasteiger partial charge in [0.15, 0.2) is 0 Å². The molecule has 1 aromatic carbocycles. The molecule has 0 fully saturated rings. The van der Waals surface area contributed by atoms with Gasteiger partial charge in [0, 0.05) is 11.6 Å². The molecule has 6 nitrogen and oxygen atoms in total.